The molecule has 1 saturated heterocycles. The van der Waals surface area contributed by atoms with Crippen LogP contribution in [-0.4, -0.2) is 51.2 Å². The number of β-amino-alcohol motifs (C(OH)–C–C–N with tert-alkyl or cyclic N) is 1. The molecule has 0 radical (unpaired) electrons. The van der Waals surface area contributed by atoms with E-state index in [1.807, 2.05) is 66.1 Å². The van der Waals surface area contributed by atoms with Crippen molar-refractivity contribution in [1.29, 1.82) is 0 Å². The van der Waals surface area contributed by atoms with E-state index >= 15 is 0 Å². The lowest BCUT2D eigenvalue weighted by atomic mass is 9.75. The van der Waals surface area contributed by atoms with Crippen LogP contribution in [0.2, 0.25) is 0 Å². The summed E-state index contributed by atoms with van der Waals surface area (Å²) in [6, 6.07) is 7.56. The molecular formula is C29H40N2O4S. The van der Waals surface area contributed by atoms with Crippen LogP contribution in [0.1, 0.15) is 78.0 Å². The van der Waals surface area contributed by atoms with E-state index in [0.29, 0.717) is 0 Å². The van der Waals surface area contributed by atoms with Crippen LogP contribution in [0.15, 0.2) is 29.8 Å². The molecule has 1 amide bonds. The molecule has 1 N–H and O–H groups in total. The molecule has 0 bridgehead atoms. The van der Waals surface area contributed by atoms with E-state index in [2.05, 4.69) is 17.1 Å². The molecule has 0 aliphatic carbocycles. The summed E-state index contributed by atoms with van der Waals surface area (Å²) < 4.78 is 0. The molecule has 1 aliphatic rings. The molecule has 1 fully saturated rings. The Morgan fingerprint density at radius 2 is 1.75 bits per heavy atom. The zero-order valence-electron chi connectivity index (χ0n) is 22.6. The van der Waals surface area contributed by atoms with Crippen molar-refractivity contribution >= 4 is 28.8 Å². The normalized spacial score (nSPS) is 20.0. The van der Waals surface area contributed by atoms with Gasteiger partial charge in [-0.3, -0.25) is 14.4 Å². The van der Waals surface area contributed by atoms with Gasteiger partial charge in [0.1, 0.15) is 5.78 Å². The van der Waals surface area contributed by atoms with Crippen molar-refractivity contribution in [3.63, 3.8) is 0 Å². The van der Waals surface area contributed by atoms with Gasteiger partial charge in [-0.1, -0.05) is 65.8 Å². The van der Waals surface area contributed by atoms with Gasteiger partial charge in [0.25, 0.3) is 0 Å². The number of carbonyl (C=O) groups is 3. The summed E-state index contributed by atoms with van der Waals surface area (Å²) in [4.78, 5) is 46.6. The Balaban J connectivity index is 1.73. The number of rotatable bonds is 9. The quantitative estimate of drug-likeness (QED) is 0.485. The lowest BCUT2D eigenvalue weighted by molar-refractivity contribution is -0.146. The first kappa shape index (κ1) is 28.2. The van der Waals surface area contributed by atoms with Crippen LogP contribution in [0.25, 0.3) is 10.4 Å². The Morgan fingerprint density at radius 3 is 2.28 bits per heavy atom. The van der Waals surface area contributed by atoms with E-state index in [0.717, 1.165) is 21.7 Å². The maximum atomic E-state index is 13.7. The Labute approximate surface area is 219 Å². The molecule has 3 rings (SSSR count). The van der Waals surface area contributed by atoms with Crippen LogP contribution in [0.5, 0.6) is 0 Å². The lowest BCUT2D eigenvalue weighted by Crippen LogP contribution is -2.47. The molecule has 4 atom stereocenters. The van der Waals surface area contributed by atoms with Crippen molar-refractivity contribution in [2.75, 3.05) is 6.54 Å². The number of amides is 1. The van der Waals surface area contributed by atoms with Gasteiger partial charge in [-0.25, -0.2) is 4.98 Å². The zero-order chi connectivity index (χ0) is 26.8. The maximum Gasteiger partial charge on any atom is 0.227 e. The fraction of sp³-hybridized carbons (Fsp3) is 0.586. The van der Waals surface area contributed by atoms with Crippen LogP contribution in [0.3, 0.4) is 0 Å². The van der Waals surface area contributed by atoms with Gasteiger partial charge in [0.15, 0.2) is 5.78 Å². The Bertz CT molecular complexity index is 1080. The van der Waals surface area contributed by atoms with E-state index < -0.39 is 23.5 Å². The van der Waals surface area contributed by atoms with Crippen molar-refractivity contribution < 1.29 is 19.5 Å². The number of aliphatic hydroxyl groups excluding tert-OH is 1. The molecule has 1 aromatic carbocycles. The number of carbonyl (C=O) groups excluding carboxylic acids is 3. The fourth-order valence-corrected chi connectivity index (χ4v) is 5.67. The highest BCUT2D eigenvalue weighted by atomic mass is 32.1. The predicted octanol–water partition coefficient (Wildman–Crippen LogP) is 5.42. The number of hydrogen-bond acceptors (Lipinski definition) is 6. The zero-order valence-corrected chi connectivity index (χ0v) is 23.4. The molecule has 2 heterocycles. The number of ketones is 2. The minimum absolute atomic E-state index is 0.0234. The van der Waals surface area contributed by atoms with E-state index in [9.17, 15) is 19.5 Å². The molecule has 0 unspecified atom stereocenters. The number of likely N-dealkylation sites (tertiary alicyclic amines) is 1. The van der Waals surface area contributed by atoms with E-state index in [-0.39, 0.29) is 55.1 Å². The summed E-state index contributed by atoms with van der Waals surface area (Å²) >= 11 is 1.61. The van der Waals surface area contributed by atoms with Gasteiger partial charge < -0.3 is 10.0 Å². The third-order valence-corrected chi connectivity index (χ3v) is 8.30. The second-order valence-electron chi connectivity index (χ2n) is 11.6. The van der Waals surface area contributed by atoms with Crippen LogP contribution < -0.4 is 0 Å². The van der Waals surface area contributed by atoms with E-state index in [1.54, 1.807) is 16.2 Å². The van der Waals surface area contributed by atoms with Gasteiger partial charge >= 0.3 is 0 Å². The summed E-state index contributed by atoms with van der Waals surface area (Å²) in [5, 5.41) is 10.4. The van der Waals surface area contributed by atoms with Gasteiger partial charge in [-0.2, -0.15) is 0 Å². The smallest absolute Gasteiger partial charge is 0.227 e. The fourth-order valence-electron chi connectivity index (χ4n) is 4.86. The Kier molecular flexibility index (Phi) is 8.88. The largest absolute Gasteiger partial charge is 0.391 e. The number of aryl methyl sites for hydroxylation is 1. The topological polar surface area (TPSA) is 87.6 Å². The molecule has 1 aromatic heterocycles. The molecule has 6 nitrogen and oxygen atoms in total. The first-order valence-corrected chi connectivity index (χ1v) is 13.7. The predicted molar refractivity (Wildman–Crippen MR) is 144 cm³/mol. The minimum Gasteiger partial charge on any atom is -0.391 e. The van der Waals surface area contributed by atoms with Crippen molar-refractivity contribution in [2.45, 2.75) is 85.8 Å². The van der Waals surface area contributed by atoms with Crippen LogP contribution in [0.4, 0.5) is 0 Å². The molecule has 36 heavy (non-hydrogen) atoms. The van der Waals surface area contributed by atoms with E-state index in [1.165, 1.54) is 0 Å². The third-order valence-electron chi connectivity index (χ3n) is 7.32. The molecule has 7 heteroatoms. The highest BCUT2D eigenvalue weighted by Gasteiger charge is 2.44. The first-order chi connectivity index (χ1) is 16.8. The summed E-state index contributed by atoms with van der Waals surface area (Å²) in [5.74, 6) is -0.924. The molecule has 196 valence electrons. The van der Waals surface area contributed by atoms with Crippen LogP contribution in [0, 0.1) is 24.2 Å². The number of hydrogen-bond donors (Lipinski definition) is 1. The van der Waals surface area contributed by atoms with Crippen molar-refractivity contribution in [2.24, 2.45) is 17.3 Å². The van der Waals surface area contributed by atoms with Crippen LogP contribution in [-0.2, 0) is 14.4 Å². The van der Waals surface area contributed by atoms with Gasteiger partial charge in [-0.15, -0.1) is 11.3 Å². The standard InChI is InChI=1S/C29H40N2O4S/c1-17(2)25(33)14-23(29(5,6)7)28(35)31-15-22(32)13-24(31)26(34)12-18(3)20-8-10-21(11-9-20)27-19(4)30-16-36-27/h8-11,16-18,22-24,32H,12-15H2,1-7H3/t18-,22-,23-,24+/m1/s1. The number of thiazole rings is 1. The average molecular weight is 513 g/mol. The highest BCUT2D eigenvalue weighted by Crippen LogP contribution is 2.35. The van der Waals surface area contributed by atoms with E-state index in [4.69, 9.17) is 0 Å². The monoisotopic (exact) mass is 512 g/mol. The second kappa shape index (κ2) is 11.3. The van der Waals surface area contributed by atoms with Gasteiger partial charge in [-0.05, 0) is 29.4 Å². The minimum atomic E-state index is -0.735. The summed E-state index contributed by atoms with van der Waals surface area (Å²) in [7, 11) is 0. The third kappa shape index (κ3) is 6.48. The van der Waals surface area contributed by atoms with Crippen molar-refractivity contribution in [3.8, 4) is 10.4 Å². The SMILES string of the molecule is Cc1ncsc1-c1ccc([C@H](C)CC(=O)[C@@H]2C[C@@H](O)CN2C(=O)[C@@H](CC(=O)C(C)C)C(C)(C)C)cc1. The number of benzene rings is 1. The Morgan fingerprint density at radius 1 is 1.11 bits per heavy atom. The average Bonchev–Trinajstić information content (AvgIpc) is 3.41. The molecule has 2 aromatic rings. The molecular weight excluding hydrogens is 472 g/mol. The number of aliphatic hydroxyl groups is 1. The molecule has 0 spiro atoms. The number of Topliss-reactive ketones (excluding diaryl/α,β-unsaturated/α-hetero) is 2. The molecule has 1 aliphatic heterocycles. The number of nitrogens with zero attached hydrogens (tertiary/aromatic N) is 2. The van der Waals surface area contributed by atoms with Gasteiger partial charge in [0, 0.05) is 37.6 Å². The maximum absolute atomic E-state index is 13.7. The second-order valence-corrected chi connectivity index (χ2v) is 12.5. The summed E-state index contributed by atoms with van der Waals surface area (Å²) in [6.45, 7) is 13.7. The van der Waals surface area contributed by atoms with Crippen LogP contribution >= 0.6 is 11.3 Å². The Hall–Kier alpha value is -2.38. The lowest BCUT2D eigenvalue weighted by Gasteiger charge is -2.35. The van der Waals surface area contributed by atoms with Crippen molar-refractivity contribution in [3.05, 3.63) is 41.0 Å². The van der Waals surface area contributed by atoms with Crippen molar-refractivity contribution in [1.82, 2.24) is 9.88 Å². The summed E-state index contributed by atoms with van der Waals surface area (Å²) in [6.07, 6.45) is -0.0575. The number of aromatic nitrogens is 1. The molecule has 0 saturated carbocycles. The highest BCUT2D eigenvalue weighted by molar-refractivity contribution is 7.13. The first-order valence-electron chi connectivity index (χ1n) is 12.8. The summed E-state index contributed by atoms with van der Waals surface area (Å²) in [5.41, 5.74) is 4.57. The van der Waals surface area contributed by atoms with Gasteiger partial charge in [0.2, 0.25) is 5.91 Å². The van der Waals surface area contributed by atoms with Gasteiger partial charge in [0.05, 0.1) is 28.2 Å².